The van der Waals surface area contributed by atoms with Crippen LogP contribution in [0.3, 0.4) is 0 Å². The van der Waals surface area contributed by atoms with E-state index in [0.29, 0.717) is 29.3 Å². The Kier molecular flexibility index (Phi) is 3.94. The Morgan fingerprint density at radius 3 is 2.68 bits per heavy atom. The van der Waals surface area contributed by atoms with Crippen molar-refractivity contribution in [1.29, 1.82) is 0 Å². The van der Waals surface area contributed by atoms with E-state index in [1.165, 1.54) is 12.3 Å². The molecule has 1 aromatic heterocycles. The summed E-state index contributed by atoms with van der Waals surface area (Å²) in [7, 11) is 0. The van der Waals surface area contributed by atoms with Crippen LogP contribution in [0.4, 0.5) is 4.39 Å². The molecule has 1 heterocycles. The molecular weight excluding hydrogens is 249 g/mol. The van der Waals surface area contributed by atoms with Crippen LogP contribution < -0.4 is 0 Å². The first-order chi connectivity index (χ1) is 9.09. The fraction of sp³-hybridized carbons (Fsp3) is 0.286. The number of carboxylic acid groups (broad SMARTS) is 1. The van der Waals surface area contributed by atoms with Crippen LogP contribution in [0.1, 0.15) is 36.0 Å². The number of halogens is 1. The second-order valence-corrected chi connectivity index (χ2v) is 4.39. The summed E-state index contributed by atoms with van der Waals surface area (Å²) >= 11 is 0. The Labute approximate surface area is 109 Å². The monoisotopic (exact) mass is 263 g/mol. The van der Waals surface area contributed by atoms with Gasteiger partial charge in [0.25, 0.3) is 0 Å². The number of carboxylic acids is 1. The number of fused-ring (bicyclic) bond motifs is 1. The number of Topliss-reactive ketones (excluding diaryl/α,β-unsaturated/α-hetero) is 1. The molecule has 0 unspecified atom stereocenters. The maximum atomic E-state index is 13.7. The molecule has 4 nitrogen and oxygen atoms in total. The molecule has 0 radical (unpaired) electrons. The summed E-state index contributed by atoms with van der Waals surface area (Å²) in [5.74, 6) is -1.46. The summed E-state index contributed by atoms with van der Waals surface area (Å²) in [6, 6.07) is 4.60. The van der Waals surface area contributed by atoms with Gasteiger partial charge in [-0.1, -0.05) is 6.07 Å². The maximum absolute atomic E-state index is 13.7. The highest BCUT2D eigenvalue weighted by molar-refractivity contribution is 6.08. The van der Waals surface area contributed by atoms with Crippen molar-refractivity contribution in [1.82, 2.24) is 4.98 Å². The Morgan fingerprint density at radius 1 is 1.21 bits per heavy atom. The van der Waals surface area contributed by atoms with E-state index in [0.717, 1.165) is 0 Å². The van der Waals surface area contributed by atoms with Crippen LogP contribution in [-0.2, 0) is 4.79 Å². The third-order valence-electron chi connectivity index (χ3n) is 3.00. The van der Waals surface area contributed by atoms with E-state index < -0.39 is 11.8 Å². The van der Waals surface area contributed by atoms with Crippen LogP contribution in [0.25, 0.3) is 10.9 Å². The Hall–Kier alpha value is -2.17. The van der Waals surface area contributed by atoms with E-state index >= 15 is 0 Å². The molecule has 0 aliphatic heterocycles. The minimum atomic E-state index is -0.870. The predicted molar refractivity (Wildman–Crippen MR) is 68.7 cm³/mol. The number of rotatable bonds is 6. The molecule has 0 fully saturated rings. The maximum Gasteiger partial charge on any atom is 0.303 e. The second-order valence-electron chi connectivity index (χ2n) is 4.39. The van der Waals surface area contributed by atoms with Crippen molar-refractivity contribution in [3.05, 3.63) is 35.8 Å². The molecule has 0 aliphatic carbocycles. The van der Waals surface area contributed by atoms with Crippen molar-refractivity contribution >= 4 is 22.7 Å². The zero-order chi connectivity index (χ0) is 13.8. The van der Waals surface area contributed by atoms with Crippen molar-refractivity contribution in [2.24, 2.45) is 0 Å². The molecule has 5 heteroatoms. The van der Waals surface area contributed by atoms with Gasteiger partial charge in [-0.25, -0.2) is 4.39 Å². The van der Waals surface area contributed by atoms with Crippen LogP contribution >= 0.6 is 0 Å². The predicted octanol–water partition coefficient (Wildman–Crippen LogP) is 3.13. The number of hydrogen-bond donors (Lipinski definition) is 2. The molecule has 2 aromatic rings. The SMILES string of the molecule is O=C(O)CCCCC(=O)c1c[nH]c2cccc(F)c12. The summed E-state index contributed by atoms with van der Waals surface area (Å²) in [6.07, 6.45) is 2.73. The average Bonchev–Trinajstić information content (AvgIpc) is 2.79. The molecule has 0 spiro atoms. The fourth-order valence-corrected chi connectivity index (χ4v) is 2.06. The summed E-state index contributed by atoms with van der Waals surface area (Å²) in [5, 5.41) is 8.81. The normalized spacial score (nSPS) is 10.8. The molecule has 0 aliphatic rings. The number of nitrogens with one attached hydrogen (secondary N) is 1. The molecule has 100 valence electrons. The number of unbranched alkanes of at least 4 members (excludes halogenated alkanes) is 1. The highest BCUT2D eigenvalue weighted by Crippen LogP contribution is 2.23. The smallest absolute Gasteiger partial charge is 0.303 e. The van der Waals surface area contributed by atoms with Gasteiger partial charge in [0, 0.05) is 35.5 Å². The van der Waals surface area contributed by atoms with Crippen LogP contribution in [0.5, 0.6) is 0 Å². The number of ketones is 1. The van der Waals surface area contributed by atoms with Crippen molar-refractivity contribution in [3.8, 4) is 0 Å². The molecule has 0 bridgehead atoms. The van der Waals surface area contributed by atoms with Gasteiger partial charge in [0.05, 0.1) is 0 Å². The summed E-state index contributed by atoms with van der Waals surface area (Å²) in [6.45, 7) is 0. The molecule has 0 amide bonds. The fourth-order valence-electron chi connectivity index (χ4n) is 2.06. The number of aromatic nitrogens is 1. The van der Waals surface area contributed by atoms with E-state index in [-0.39, 0.29) is 18.6 Å². The molecule has 0 saturated carbocycles. The van der Waals surface area contributed by atoms with E-state index in [9.17, 15) is 14.0 Å². The number of aromatic amines is 1. The molecule has 2 N–H and O–H groups in total. The van der Waals surface area contributed by atoms with Crippen LogP contribution in [0, 0.1) is 5.82 Å². The number of benzene rings is 1. The number of carbonyl (C=O) groups is 2. The number of hydrogen-bond acceptors (Lipinski definition) is 2. The van der Waals surface area contributed by atoms with Gasteiger partial charge in [-0.05, 0) is 25.0 Å². The minimum Gasteiger partial charge on any atom is -0.481 e. The first kappa shape index (κ1) is 13.3. The Morgan fingerprint density at radius 2 is 1.95 bits per heavy atom. The third kappa shape index (κ3) is 2.99. The van der Waals surface area contributed by atoms with E-state index in [2.05, 4.69) is 4.98 Å². The number of carbonyl (C=O) groups excluding carboxylic acids is 1. The summed E-state index contributed by atoms with van der Waals surface area (Å²) in [4.78, 5) is 25.2. The van der Waals surface area contributed by atoms with Crippen LogP contribution in [-0.4, -0.2) is 21.8 Å². The first-order valence-electron chi connectivity index (χ1n) is 6.10. The number of H-pyrrole nitrogens is 1. The van der Waals surface area contributed by atoms with Gasteiger partial charge >= 0.3 is 5.97 Å². The zero-order valence-electron chi connectivity index (χ0n) is 10.3. The average molecular weight is 263 g/mol. The minimum absolute atomic E-state index is 0.0511. The van der Waals surface area contributed by atoms with Gasteiger partial charge in [-0.15, -0.1) is 0 Å². The Balaban J connectivity index is 2.07. The Bertz CT molecular complexity index is 618. The standard InChI is InChI=1S/C14H14FNO3/c15-10-4-3-5-11-14(10)9(8-16-11)12(17)6-1-2-7-13(18)19/h3-5,8,16H,1-2,6-7H2,(H,18,19). The van der Waals surface area contributed by atoms with Gasteiger partial charge in [-0.2, -0.15) is 0 Å². The van der Waals surface area contributed by atoms with Crippen molar-refractivity contribution < 1.29 is 19.1 Å². The van der Waals surface area contributed by atoms with Gasteiger partial charge in [-0.3, -0.25) is 9.59 Å². The third-order valence-corrected chi connectivity index (χ3v) is 3.00. The lowest BCUT2D eigenvalue weighted by Crippen LogP contribution is -2.00. The van der Waals surface area contributed by atoms with E-state index in [4.69, 9.17) is 5.11 Å². The molecule has 0 atom stereocenters. The van der Waals surface area contributed by atoms with E-state index in [1.807, 2.05) is 0 Å². The molecule has 1 aromatic carbocycles. The zero-order valence-corrected chi connectivity index (χ0v) is 10.3. The molecule has 2 rings (SSSR count). The lowest BCUT2D eigenvalue weighted by Gasteiger charge is -2.00. The van der Waals surface area contributed by atoms with Crippen LogP contribution in [0.15, 0.2) is 24.4 Å². The quantitative estimate of drug-likeness (QED) is 0.621. The van der Waals surface area contributed by atoms with Gasteiger partial charge in [0.1, 0.15) is 5.82 Å². The topological polar surface area (TPSA) is 70.2 Å². The van der Waals surface area contributed by atoms with Gasteiger partial charge in [0.2, 0.25) is 0 Å². The summed E-state index contributed by atoms with van der Waals surface area (Å²) < 4.78 is 13.7. The summed E-state index contributed by atoms with van der Waals surface area (Å²) in [5.41, 5.74) is 0.928. The largest absolute Gasteiger partial charge is 0.481 e. The lowest BCUT2D eigenvalue weighted by atomic mass is 10.0. The lowest BCUT2D eigenvalue weighted by molar-refractivity contribution is -0.137. The second kappa shape index (κ2) is 5.65. The van der Waals surface area contributed by atoms with E-state index in [1.54, 1.807) is 12.1 Å². The molecule has 19 heavy (non-hydrogen) atoms. The molecule has 0 saturated heterocycles. The van der Waals surface area contributed by atoms with Crippen molar-refractivity contribution in [2.75, 3.05) is 0 Å². The highest BCUT2D eigenvalue weighted by atomic mass is 19.1. The van der Waals surface area contributed by atoms with Crippen molar-refractivity contribution in [3.63, 3.8) is 0 Å². The van der Waals surface area contributed by atoms with Gasteiger partial charge < -0.3 is 10.1 Å². The van der Waals surface area contributed by atoms with Crippen LogP contribution in [0.2, 0.25) is 0 Å². The van der Waals surface area contributed by atoms with Gasteiger partial charge in [0.15, 0.2) is 5.78 Å². The highest BCUT2D eigenvalue weighted by Gasteiger charge is 2.14. The number of aliphatic carboxylic acids is 1. The van der Waals surface area contributed by atoms with Crippen molar-refractivity contribution in [2.45, 2.75) is 25.7 Å². The first-order valence-corrected chi connectivity index (χ1v) is 6.10. The molecular formula is C14H14FNO3.